The number of fused-ring (bicyclic) bond motifs is 1. The number of hydrogen-bond donors (Lipinski definition) is 1. The first kappa shape index (κ1) is 11.7. The van der Waals surface area contributed by atoms with Crippen LogP contribution < -0.4 is 0 Å². The van der Waals surface area contributed by atoms with Gasteiger partial charge in [0.2, 0.25) is 0 Å². The minimum Gasteiger partial charge on any atom is -0.358 e. The quantitative estimate of drug-likeness (QED) is 0.727. The second-order valence-electron chi connectivity index (χ2n) is 4.64. The highest BCUT2D eigenvalue weighted by molar-refractivity contribution is 6.09. The maximum atomic E-state index is 12.4. The van der Waals surface area contributed by atoms with Crippen molar-refractivity contribution in [3.63, 3.8) is 0 Å². The number of ketones is 1. The van der Waals surface area contributed by atoms with Crippen molar-refractivity contribution in [3.8, 4) is 0 Å². The molecule has 0 atom stereocenters. The monoisotopic (exact) mass is 253 g/mol. The normalized spacial score (nSPS) is 11.0. The molecule has 4 nitrogen and oxygen atoms in total. The predicted molar refractivity (Wildman–Crippen MR) is 74.2 cm³/mol. The summed E-state index contributed by atoms with van der Waals surface area (Å²) in [6.45, 7) is 2.61. The van der Waals surface area contributed by atoms with Gasteiger partial charge in [0.05, 0.1) is 6.33 Å². The van der Waals surface area contributed by atoms with Crippen LogP contribution in [0.1, 0.15) is 22.5 Å². The van der Waals surface area contributed by atoms with Crippen molar-refractivity contribution >= 4 is 16.7 Å². The minimum atomic E-state index is 0.170. The lowest BCUT2D eigenvalue weighted by molar-refractivity contribution is 0.0978. The molecular formula is C15H15N3O. The summed E-state index contributed by atoms with van der Waals surface area (Å²) >= 11 is 0. The molecule has 2 heterocycles. The van der Waals surface area contributed by atoms with Gasteiger partial charge in [-0.05, 0) is 13.0 Å². The molecule has 0 bridgehead atoms. The van der Waals surface area contributed by atoms with Crippen LogP contribution in [0.4, 0.5) is 0 Å². The van der Waals surface area contributed by atoms with E-state index >= 15 is 0 Å². The molecule has 4 heteroatoms. The number of imidazole rings is 1. The van der Waals surface area contributed by atoms with E-state index < -0.39 is 0 Å². The largest absolute Gasteiger partial charge is 0.358 e. The zero-order valence-corrected chi connectivity index (χ0v) is 10.8. The first-order valence-corrected chi connectivity index (χ1v) is 6.32. The summed E-state index contributed by atoms with van der Waals surface area (Å²) in [4.78, 5) is 19.6. The van der Waals surface area contributed by atoms with E-state index in [1.54, 1.807) is 12.5 Å². The average Bonchev–Trinajstić information content (AvgIpc) is 3.02. The van der Waals surface area contributed by atoms with Gasteiger partial charge in [0.1, 0.15) is 0 Å². The van der Waals surface area contributed by atoms with E-state index in [0.29, 0.717) is 13.0 Å². The summed E-state index contributed by atoms with van der Waals surface area (Å²) < 4.78 is 1.92. The number of hydrogen-bond acceptors (Lipinski definition) is 2. The Morgan fingerprint density at radius 1 is 1.37 bits per heavy atom. The summed E-state index contributed by atoms with van der Waals surface area (Å²) in [5, 5.41) is 1.01. The molecule has 0 spiro atoms. The van der Waals surface area contributed by atoms with Crippen LogP contribution in [0.15, 0.2) is 43.0 Å². The molecule has 0 saturated heterocycles. The van der Waals surface area contributed by atoms with Crippen LogP contribution in [0.3, 0.4) is 0 Å². The number of nitrogens with one attached hydrogen (secondary N) is 1. The van der Waals surface area contributed by atoms with E-state index in [9.17, 15) is 4.79 Å². The Morgan fingerprint density at radius 3 is 3.00 bits per heavy atom. The fourth-order valence-electron chi connectivity index (χ4n) is 2.41. The van der Waals surface area contributed by atoms with Gasteiger partial charge >= 0.3 is 0 Å². The van der Waals surface area contributed by atoms with Crippen molar-refractivity contribution in [2.24, 2.45) is 0 Å². The smallest absolute Gasteiger partial charge is 0.167 e. The molecule has 1 aromatic carbocycles. The number of aromatic amines is 1. The Kier molecular flexibility index (Phi) is 2.91. The Hall–Kier alpha value is -2.36. The maximum absolute atomic E-state index is 12.4. The molecular weight excluding hydrogens is 238 g/mol. The molecule has 2 aromatic heterocycles. The molecule has 96 valence electrons. The molecule has 0 aliphatic heterocycles. The van der Waals surface area contributed by atoms with Crippen LogP contribution in [0, 0.1) is 6.92 Å². The number of H-pyrrole nitrogens is 1. The third-order valence-corrected chi connectivity index (χ3v) is 3.33. The van der Waals surface area contributed by atoms with Crippen LogP contribution in [0.2, 0.25) is 0 Å². The molecule has 0 fully saturated rings. The van der Waals surface area contributed by atoms with Gasteiger partial charge in [0.15, 0.2) is 5.78 Å². The van der Waals surface area contributed by atoms with E-state index in [0.717, 1.165) is 22.2 Å². The molecule has 0 saturated carbocycles. The molecule has 0 aliphatic rings. The number of aromatic nitrogens is 3. The molecule has 3 aromatic rings. The van der Waals surface area contributed by atoms with Crippen molar-refractivity contribution in [1.29, 1.82) is 0 Å². The van der Waals surface area contributed by atoms with Crippen LogP contribution in [0.5, 0.6) is 0 Å². The van der Waals surface area contributed by atoms with Crippen LogP contribution in [-0.2, 0) is 6.54 Å². The van der Waals surface area contributed by atoms with Gasteiger partial charge in [0.25, 0.3) is 0 Å². The van der Waals surface area contributed by atoms with Crippen molar-refractivity contribution < 1.29 is 4.79 Å². The second kappa shape index (κ2) is 4.72. The summed E-state index contributed by atoms with van der Waals surface area (Å²) in [6.07, 6.45) is 5.81. The lowest BCUT2D eigenvalue weighted by Crippen LogP contribution is -2.05. The summed E-state index contributed by atoms with van der Waals surface area (Å²) in [6, 6.07) is 7.92. The van der Waals surface area contributed by atoms with Crippen LogP contribution >= 0.6 is 0 Å². The molecule has 0 amide bonds. The second-order valence-corrected chi connectivity index (χ2v) is 4.64. The highest BCUT2D eigenvalue weighted by atomic mass is 16.1. The third-order valence-electron chi connectivity index (χ3n) is 3.33. The predicted octanol–water partition coefficient (Wildman–Crippen LogP) is 2.95. The summed E-state index contributed by atoms with van der Waals surface area (Å²) in [5.41, 5.74) is 2.78. The van der Waals surface area contributed by atoms with Crippen LogP contribution in [0.25, 0.3) is 10.9 Å². The molecule has 19 heavy (non-hydrogen) atoms. The number of Topliss-reactive ketones (excluding diaryl/α,β-unsaturated/α-hetero) is 1. The van der Waals surface area contributed by atoms with Gasteiger partial charge in [-0.1, -0.05) is 18.2 Å². The van der Waals surface area contributed by atoms with E-state index in [-0.39, 0.29) is 5.78 Å². The Balaban J connectivity index is 1.87. The van der Waals surface area contributed by atoms with Gasteiger partial charge in [-0.25, -0.2) is 4.98 Å². The minimum absolute atomic E-state index is 0.170. The van der Waals surface area contributed by atoms with Gasteiger partial charge in [-0.15, -0.1) is 0 Å². The van der Waals surface area contributed by atoms with Crippen LogP contribution in [-0.4, -0.2) is 20.3 Å². The van der Waals surface area contributed by atoms with Gasteiger partial charge in [0, 0.05) is 47.5 Å². The molecule has 0 aliphatic carbocycles. The number of nitrogens with zero attached hydrogens (tertiary/aromatic N) is 2. The van der Waals surface area contributed by atoms with E-state index in [2.05, 4.69) is 9.97 Å². The lowest BCUT2D eigenvalue weighted by Gasteiger charge is -2.02. The van der Waals surface area contributed by atoms with Gasteiger partial charge < -0.3 is 9.55 Å². The SMILES string of the molecule is Cc1[nH]c2ccccc2c1C(=O)CCn1ccnc1. The number of carbonyl (C=O) groups excluding carboxylic acids is 1. The Morgan fingerprint density at radius 2 is 2.21 bits per heavy atom. The maximum Gasteiger partial charge on any atom is 0.167 e. The number of aryl methyl sites for hydroxylation is 2. The zero-order chi connectivity index (χ0) is 13.2. The fraction of sp³-hybridized carbons (Fsp3) is 0.200. The van der Waals surface area contributed by atoms with E-state index in [1.807, 2.05) is 42.0 Å². The zero-order valence-electron chi connectivity index (χ0n) is 10.8. The number of carbonyl (C=O) groups is 1. The molecule has 1 N–H and O–H groups in total. The molecule has 3 rings (SSSR count). The van der Waals surface area contributed by atoms with Gasteiger partial charge in [-0.3, -0.25) is 4.79 Å². The van der Waals surface area contributed by atoms with Crippen molar-refractivity contribution in [2.45, 2.75) is 19.9 Å². The summed E-state index contributed by atoms with van der Waals surface area (Å²) in [5.74, 6) is 0.170. The highest BCUT2D eigenvalue weighted by Crippen LogP contribution is 2.23. The molecule has 0 radical (unpaired) electrons. The lowest BCUT2D eigenvalue weighted by atomic mass is 10.0. The molecule has 0 unspecified atom stereocenters. The fourth-order valence-corrected chi connectivity index (χ4v) is 2.41. The first-order valence-electron chi connectivity index (χ1n) is 6.32. The third kappa shape index (κ3) is 2.17. The summed E-state index contributed by atoms with van der Waals surface area (Å²) in [7, 11) is 0. The van der Waals surface area contributed by atoms with Crippen molar-refractivity contribution in [1.82, 2.24) is 14.5 Å². The van der Waals surface area contributed by atoms with Gasteiger partial charge in [-0.2, -0.15) is 0 Å². The van der Waals surface area contributed by atoms with E-state index in [4.69, 9.17) is 0 Å². The first-order chi connectivity index (χ1) is 9.25. The highest BCUT2D eigenvalue weighted by Gasteiger charge is 2.15. The Bertz CT molecular complexity index is 710. The van der Waals surface area contributed by atoms with Crippen molar-refractivity contribution in [3.05, 3.63) is 54.2 Å². The number of benzene rings is 1. The Labute approximate surface area is 111 Å². The topological polar surface area (TPSA) is 50.7 Å². The van der Waals surface area contributed by atoms with E-state index in [1.165, 1.54) is 0 Å². The average molecular weight is 253 g/mol. The standard InChI is InChI=1S/C15H15N3O/c1-11-15(12-4-2-3-5-13(12)17-11)14(19)6-8-18-9-7-16-10-18/h2-5,7,9-10,17H,6,8H2,1H3. The van der Waals surface area contributed by atoms with Crippen molar-refractivity contribution in [2.75, 3.05) is 0 Å². The number of para-hydroxylation sites is 1. The number of rotatable bonds is 4.